The molecule has 0 aliphatic carbocycles. The van der Waals surface area contributed by atoms with Gasteiger partial charge in [-0.2, -0.15) is 0 Å². The third-order valence-electron chi connectivity index (χ3n) is 7.04. The first-order valence-electron chi connectivity index (χ1n) is 14.6. The van der Waals surface area contributed by atoms with Gasteiger partial charge in [0.05, 0.1) is 6.10 Å². The summed E-state index contributed by atoms with van der Waals surface area (Å²) >= 11 is 0. The van der Waals surface area contributed by atoms with E-state index in [0.717, 1.165) is 6.61 Å². The molecule has 0 heterocycles. The van der Waals surface area contributed by atoms with Gasteiger partial charge in [-0.1, -0.05) is 161 Å². The van der Waals surface area contributed by atoms with E-state index in [1.165, 1.54) is 102 Å². The van der Waals surface area contributed by atoms with Crippen molar-refractivity contribution in [3.8, 4) is 0 Å². The summed E-state index contributed by atoms with van der Waals surface area (Å²) in [6.45, 7) is 15.0. The van der Waals surface area contributed by atoms with Gasteiger partial charge in [0.1, 0.15) is 0 Å². The number of hydrogen-bond donors (Lipinski definition) is 0. The molecule has 0 spiro atoms. The Kier molecular flexibility index (Phi) is 16.6. The van der Waals surface area contributed by atoms with Crippen molar-refractivity contribution >= 4 is 6.08 Å². The summed E-state index contributed by atoms with van der Waals surface area (Å²) in [5.41, 5.74) is 1.82. The molecular formula is C33H58O. The minimum Gasteiger partial charge on any atom is -0.377 e. The molecule has 1 unspecified atom stereocenters. The quantitative estimate of drug-likeness (QED) is 0.172. The second-order valence-corrected chi connectivity index (χ2v) is 12.3. The lowest BCUT2D eigenvalue weighted by Crippen LogP contribution is -2.31. The maximum atomic E-state index is 6.55. The van der Waals surface area contributed by atoms with Gasteiger partial charge in [0.25, 0.3) is 0 Å². The molecule has 0 saturated heterocycles. The lowest BCUT2D eigenvalue weighted by Gasteiger charge is -2.32. The third kappa shape index (κ3) is 16.5. The van der Waals surface area contributed by atoms with E-state index in [2.05, 4.69) is 84.0 Å². The first-order chi connectivity index (χ1) is 16.2. The second kappa shape index (κ2) is 18.2. The molecule has 0 aliphatic heterocycles. The van der Waals surface area contributed by atoms with Crippen LogP contribution in [-0.2, 0) is 4.74 Å². The van der Waals surface area contributed by atoms with E-state index in [-0.39, 0.29) is 5.41 Å². The standard InChI is InChI=1S/C33H58O/c1-7-8-9-10-14-20-25-31(33(5,6)28-26-30-23-18-17-19-24-30)34-29-22-16-13-11-12-15-21-27-32(2,3)4/h17-19,23-24,26,28,31H,7-16,20-22,25,27,29H2,1-6H3. The van der Waals surface area contributed by atoms with E-state index in [9.17, 15) is 0 Å². The SMILES string of the molecule is CCCCCCCCC(OCCCCCCCCCC(C)(C)C)C(C)(C)C=Cc1ccccc1. The van der Waals surface area contributed by atoms with Crippen LogP contribution in [0.2, 0.25) is 0 Å². The van der Waals surface area contributed by atoms with Gasteiger partial charge in [0, 0.05) is 12.0 Å². The van der Waals surface area contributed by atoms with Crippen molar-refractivity contribution in [1.29, 1.82) is 0 Å². The zero-order valence-electron chi connectivity index (χ0n) is 23.8. The Morgan fingerprint density at radius 2 is 1.26 bits per heavy atom. The molecular weight excluding hydrogens is 412 g/mol. The summed E-state index contributed by atoms with van der Waals surface area (Å²) in [6.07, 6.45) is 25.0. The predicted molar refractivity (Wildman–Crippen MR) is 153 cm³/mol. The van der Waals surface area contributed by atoms with Gasteiger partial charge in [-0.3, -0.25) is 0 Å². The second-order valence-electron chi connectivity index (χ2n) is 12.3. The normalized spacial score (nSPS) is 13.6. The summed E-state index contributed by atoms with van der Waals surface area (Å²) in [5.74, 6) is 0. The van der Waals surface area contributed by atoms with Crippen LogP contribution in [0.5, 0.6) is 0 Å². The van der Waals surface area contributed by atoms with Crippen molar-refractivity contribution in [1.82, 2.24) is 0 Å². The number of ether oxygens (including phenoxy) is 1. The summed E-state index contributed by atoms with van der Waals surface area (Å²) in [4.78, 5) is 0. The Balaban J connectivity index is 2.38. The fourth-order valence-corrected chi connectivity index (χ4v) is 4.63. The average molecular weight is 471 g/mol. The molecule has 1 nitrogen and oxygen atoms in total. The van der Waals surface area contributed by atoms with Crippen molar-refractivity contribution in [2.24, 2.45) is 10.8 Å². The Morgan fingerprint density at radius 3 is 1.88 bits per heavy atom. The topological polar surface area (TPSA) is 9.23 Å². The van der Waals surface area contributed by atoms with Gasteiger partial charge in [0.15, 0.2) is 0 Å². The number of unbranched alkanes of at least 4 members (excludes halogenated alkanes) is 11. The van der Waals surface area contributed by atoms with Crippen LogP contribution in [0.25, 0.3) is 6.08 Å². The highest BCUT2D eigenvalue weighted by atomic mass is 16.5. The van der Waals surface area contributed by atoms with Gasteiger partial charge in [-0.05, 0) is 30.2 Å². The summed E-state index contributed by atoms with van der Waals surface area (Å²) in [7, 11) is 0. The predicted octanol–water partition coefficient (Wildman–Crippen LogP) is 11.0. The Bertz CT molecular complexity index is 607. The molecule has 0 radical (unpaired) electrons. The summed E-state index contributed by atoms with van der Waals surface area (Å²) < 4.78 is 6.55. The van der Waals surface area contributed by atoms with E-state index < -0.39 is 0 Å². The van der Waals surface area contributed by atoms with Crippen LogP contribution in [-0.4, -0.2) is 12.7 Å². The zero-order chi connectivity index (χ0) is 25.1. The van der Waals surface area contributed by atoms with Crippen LogP contribution in [0.3, 0.4) is 0 Å². The van der Waals surface area contributed by atoms with Crippen LogP contribution < -0.4 is 0 Å². The molecule has 0 N–H and O–H groups in total. The highest BCUT2D eigenvalue weighted by Crippen LogP contribution is 2.31. The summed E-state index contributed by atoms with van der Waals surface area (Å²) in [6, 6.07) is 10.7. The maximum Gasteiger partial charge on any atom is 0.0660 e. The molecule has 1 atom stereocenters. The highest BCUT2D eigenvalue weighted by Gasteiger charge is 2.27. The minimum atomic E-state index is 0.0479. The third-order valence-corrected chi connectivity index (χ3v) is 7.04. The van der Waals surface area contributed by atoms with E-state index in [1.54, 1.807) is 0 Å². The fourth-order valence-electron chi connectivity index (χ4n) is 4.63. The Labute approximate surface area is 214 Å². The van der Waals surface area contributed by atoms with Crippen LogP contribution >= 0.6 is 0 Å². The van der Waals surface area contributed by atoms with Crippen LogP contribution in [0.4, 0.5) is 0 Å². The van der Waals surface area contributed by atoms with Gasteiger partial charge >= 0.3 is 0 Å². The van der Waals surface area contributed by atoms with Crippen molar-refractivity contribution in [3.63, 3.8) is 0 Å². The number of hydrogen-bond acceptors (Lipinski definition) is 1. The molecule has 1 aromatic carbocycles. The molecule has 0 fully saturated rings. The fraction of sp³-hybridized carbons (Fsp3) is 0.758. The molecule has 1 rings (SSSR count). The number of rotatable bonds is 20. The maximum absolute atomic E-state index is 6.55. The molecule has 0 aliphatic rings. The lowest BCUT2D eigenvalue weighted by atomic mass is 9.82. The first kappa shape index (κ1) is 31.0. The van der Waals surface area contributed by atoms with Crippen molar-refractivity contribution in [3.05, 3.63) is 42.0 Å². The highest BCUT2D eigenvalue weighted by molar-refractivity contribution is 5.49. The van der Waals surface area contributed by atoms with E-state index in [1.807, 2.05) is 0 Å². The van der Waals surface area contributed by atoms with Gasteiger partial charge in [-0.15, -0.1) is 0 Å². The average Bonchev–Trinajstić information content (AvgIpc) is 2.79. The molecule has 0 aromatic heterocycles. The van der Waals surface area contributed by atoms with Crippen LogP contribution in [0.1, 0.15) is 143 Å². The number of benzene rings is 1. The minimum absolute atomic E-state index is 0.0479. The van der Waals surface area contributed by atoms with Crippen molar-refractivity contribution < 1.29 is 4.74 Å². The van der Waals surface area contributed by atoms with Crippen LogP contribution in [0, 0.1) is 10.8 Å². The molecule has 1 heteroatoms. The first-order valence-corrected chi connectivity index (χ1v) is 14.6. The van der Waals surface area contributed by atoms with Gasteiger partial charge in [-0.25, -0.2) is 0 Å². The van der Waals surface area contributed by atoms with Crippen molar-refractivity contribution in [2.75, 3.05) is 6.61 Å². The van der Waals surface area contributed by atoms with Crippen molar-refractivity contribution in [2.45, 2.75) is 144 Å². The largest absolute Gasteiger partial charge is 0.377 e. The monoisotopic (exact) mass is 470 g/mol. The summed E-state index contributed by atoms with van der Waals surface area (Å²) in [5, 5.41) is 0. The molecule has 0 saturated carbocycles. The molecule has 0 bridgehead atoms. The van der Waals surface area contributed by atoms with E-state index >= 15 is 0 Å². The lowest BCUT2D eigenvalue weighted by molar-refractivity contribution is -0.0137. The smallest absolute Gasteiger partial charge is 0.0660 e. The molecule has 0 amide bonds. The van der Waals surface area contributed by atoms with Gasteiger partial charge < -0.3 is 4.74 Å². The van der Waals surface area contributed by atoms with E-state index in [4.69, 9.17) is 4.74 Å². The molecule has 1 aromatic rings. The molecule has 34 heavy (non-hydrogen) atoms. The van der Waals surface area contributed by atoms with Gasteiger partial charge in [0.2, 0.25) is 0 Å². The Morgan fingerprint density at radius 1 is 0.706 bits per heavy atom. The van der Waals surface area contributed by atoms with Crippen LogP contribution in [0.15, 0.2) is 36.4 Å². The zero-order valence-corrected chi connectivity index (χ0v) is 23.8. The van der Waals surface area contributed by atoms with E-state index in [0.29, 0.717) is 11.5 Å². The molecule has 196 valence electrons. The Hall–Kier alpha value is -1.08.